The maximum Gasteiger partial charge on any atom is 0.242 e. The molecule has 2 aromatic rings. The zero-order valence-corrected chi connectivity index (χ0v) is 16.2. The van der Waals surface area contributed by atoms with E-state index in [1.165, 1.54) is 12.0 Å². The molecule has 26 heavy (non-hydrogen) atoms. The van der Waals surface area contributed by atoms with Crippen molar-refractivity contribution >= 4 is 29.7 Å². The van der Waals surface area contributed by atoms with Gasteiger partial charge in [0.1, 0.15) is 0 Å². The summed E-state index contributed by atoms with van der Waals surface area (Å²) in [5.74, 6) is 0.213. The highest BCUT2D eigenvalue weighted by atomic mass is 35.5. The van der Waals surface area contributed by atoms with Crippen LogP contribution >= 0.6 is 12.4 Å². The van der Waals surface area contributed by atoms with Crippen LogP contribution in [-0.2, 0) is 11.3 Å². The van der Waals surface area contributed by atoms with Crippen molar-refractivity contribution < 1.29 is 4.79 Å². The summed E-state index contributed by atoms with van der Waals surface area (Å²) in [6, 6.07) is 16.2. The van der Waals surface area contributed by atoms with Crippen molar-refractivity contribution in [3.63, 3.8) is 0 Å². The Labute approximate surface area is 162 Å². The van der Waals surface area contributed by atoms with E-state index in [0.29, 0.717) is 13.1 Å². The number of benzene rings is 2. The molecule has 1 aliphatic heterocycles. The summed E-state index contributed by atoms with van der Waals surface area (Å²) in [6.07, 6.45) is 3.46. The first-order valence-electron chi connectivity index (χ1n) is 9.05. The molecule has 0 spiro atoms. The molecule has 1 aliphatic rings. The van der Waals surface area contributed by atoms with Crippen LogP contribution in [0.3, 0.4) is 0 Å². The van der Waals surface area contributed by atoms with Crippen LogP contribution in [0.25, 0.3) is 0 Å². The number of nitrogens with two attached hydrogens (primary N) is 1. The molecule has 1 saturated heterocycles. The third-order valence-corrected chi connectivity index (χ3v) is 4.73. The highest BCUT2D eigenvalue weighted by Gasteiger charge is 2.20. The second-order valence-corrected chi connectivity index (χ2v) is 6.88. The molecule has 0 saturated carbocycles. The van der Waals surface area contributed by atoms with Crippen molar-refractivity contribution in [2.75, 3.05) is 30.3 Å². The molecule has 0 aliphatic carbocycles. The lowest BCUT2D eigenvalue weighted by Crippen LogP contribution is -2.42. The van der Waals surface area contributed by atoms with Crippen LogP contribution in [0.1, 0.15) is 30.4 Å². The van der Waals surface area contributed by atoms with E-state index >= 15 is 0 Å². The van der Waals surface area contributed by atoms with E-state index < -0.39 is 0 Å². The Hall–Kier alpha value is -2.20. The largest absolute Gasteiger partial charge is 0.399 e. The first-order valence-corrected chi connectivity index (χ1v) is 9.05. The lowest BCUT2D eigenvalue weighted by molar-refractivity contribution is -0.130. The maximum atomic E-state index is 12.8. The summed E-state index contributed by atoms with van der Waals surface area (Å²) in [5, 5.41) is 0. The van der Waals surface area contributed by atoms with E-state index in [-0.39, 0.29) is 18.3 Å². The third-order valence-electron chi connectivity index (χ3n) is 4.73. The molecule has 1 heterocycles. The number of halogens is 1. The van der Waals surface area contributed by atoms with Gasteiger partial charge in [-0.15, -0.1) is 12.4 Å². The molecular formula is C21H28ClN3O. The van der Waals surface area contributed by atoms with Crippen molar-refractivity contribution in [1.29, 1.82) is 0 Å². The summed E-state index contributed by atoms with van der Waals surface area (Å²) >= 11 is 0. The number of hydrogen-bond acceptors (Lipinski definition) is 3. The van der Waals surface area contributed by atoms with Crippen molar-refractivity contribution in [3.8, 4) is 0 Å². The normalized spacial score (nSPS) is 13.8. The van der Waals surface area contributed by atoms with Crippen LogP contribution in [0.4, 0.5) is 11.4 Å². The number of amides is 1. The van der Waals surface area contributed by atoms with E-state index in [1.54, 1.807) is 0 Å². The van der Waals surface area contributed by atoms with Gasteiger partial charge in [0, 0.05) is 31.0 Å². The monoisotopic (exact) mass is 373 g/mol. The number of carbonyl (C=O) groups is 1. The third kappa shape index (κ3) is 5.40. The van der Waals surface area contributed by atoms with Gasteiger partial charge < -0.3 is 15.5 Å². The van der Waals surface area contributed by atoms with Crippen LogP contribution in [0, 0.1) is 6.92 Å². The van der Waals surface area contributed by atoms with Crippen molar-refractivity contribution in [2.24, 2.45) is 0 Å². The maximum absolute atomic E-state index is 12.8. The van der Waals surface area contributed by atoms with Gasteiger partial charge in [0.25, 0.3) is 0 Å². The van der Waals surface area contributed by atoms with Crippen molar-refractivity contribution in [1.82, 2.24) is 4.90 Å². The fourth-order valence-corrected chi connectivity index (χ4v) is 3.38. The number of anilines is 2. The minimum absolute atomic E-state index is 0. The second-order valence-electron chi connectivity index (χ2n) is 6.88. The van der Waals surface area contributed by atoms with E-state index in [0.717, 1.165) is 42.9 Å². The Balaban J connectivity index is 0.00000243. The van der Waals surface area contributed by atoms with Gasteiger partial charge in [-0.3, -0.25) is 4.79 Å². The first-order chi connectivity index (χ1) is 12.1. The van der Waals surface area contributed by atoms with Crippen LogP contribution < -0.4 is 10.6 Å². The van der Waals surface area contributed by atoms with Crippen LogP contribution in [0.15, 0.2) is 48.5 Å². The van der Waals surface area contributed by atoms with Gasteiger partial charge in [0.15, 0.2) is 0 Å². The van der Waals surface area contributed by atoms with Crippen LogP contribution in [-0.4, -0.2) is 30.4 Å². The number of piperidine rings is 1. The molecular weight excluding hydrogens is 346 g/mol. The number of nitrogen functional groups attached to an aromatic ring is 1. The number of hydrogen-bond donors (Lipinski definition) is 1. The Morgan fingerprint density at radius 1 is 1.08 bits per heavy atom. The smallest absolute Gasteiger partial charge is 0.242 e. The molecule has 2 N–H and O–H groups in total. The molecule has 0 unspecified atom stereocenters. The fourth-order valence-electron chi connectivity index (χ4n) is 3.38. The van der Waals surface area contributed by atoms with E-state index in [4.69, 9.17) is 5.73 Å². The summed E-state index contributed by atoms with van der Waals surface area (Å²) in [4.78, 5) is 16.9. The number of nitrogens with zero attached hydrogens (tertiary/aromatic N) is 2. The van der Waals surface area contributed by atoms with Gasteiger partial charge in [-0.05, 0) is 61.6 Å². The number of aryl methyl sites for hydroxylation is 1. The summed E-state index contributed by atoms with van der Waals surface area (Å²) in [7, 11) is 0. The molecule has 4 nitrogen and oxygen atoms in total. The Morgan fingerprint density at radius 3 is 2.50 bits per heavy atom. The quantitative estimate of drug-likeness (QED) is 0.805. The summed E-state index contributed by atoms with van der Waals surface area (Å²) in [6.45, 7) is 4.93. The molecule has 0 aromatic heterocycles. The van der Waals surface area contributed by atoms with Gasteiger partial charge in [0.2, 0.25) is 5.91 Å². The van der Waals surface area contributed by atoms with E-state index in [2.05, 4.69) is 36.1 Å². The van der Waals surface area contributed by atoms with Crippen LogP contribution in [0.2, 0.25) is 0 Å². The van der Waals surface area contributed by atoms with Gasteiger partial charge in [0.05, 0.1) is 6.54 Å². The number of likely N-dealkylation sites (tertiary alicyclic amines) is 1. The number of carbonyl (C=O) groups excluding carboxylic acids is 1. The summed E-state index contributed by atoms with van der Waals surface area (Å²) in [5.41, 5.74) is 10.1. The average molecular weight is 374 g/mol. The molecule has 1 amide bonds. The summed E-state index contributed by atoms with van der Waals surface area (Å²) < 4.78 is 0. The predicted octanol–water partition coefficient (Wildman–Crippen LogP) is 4.02. The Morgan fingerprint density at radius 2 is 1.81 bits per heavy atom. The molecule has 1 fully saturated rings. The molecule has 0 bridgehead atoms. The average Bonchev–Trinajstić information content (AvgIpc) is 2.62. The van der Waals surface area contributed by atoms with Gasteiger partial charge >= 0.3 is 0 Å². The molecule has 3 rings (SSSR count). The lowest BCUT2D eigenvalue weighted by atomic mass is 10.1. The molecule has 5 heteroatoms. The topological polar surface area (TPSA) is 49.6 Å². The Bertz CT molecular complexity index is 729. The van der Waals surface area contributed by atoms with Crippen molar-refractivity contribution in [3.05, 3.63) is 59.7 Å². The molecule has 140 valence electrons. The highest BCUT2D eigenvalue weighted by Crippen LogP contribution is 2.20. The van der Waals surface area contributed by atoms with Gasteiger partial charge in [-0.2, -0.15) is 0 Å². The minimum atomic E-state index is 0. The standard InChI is InChI=1S/C21H27N3O.ClH/c1-17-7-5-10-20(13-17)24(15-18-8-6-9-19(22)14-18)16-21(25)23-11-3-2-4-12-23;/h5-10,13-14H,2-4,11-12,15-16,22H2,1H3;1H. The molecule has 0 radical (unpaired) electrons. The van der Waals surface area contributed by atoms with E-state index in [9.17, 15) is 4.79 Å². The molecule has 0 atom stereocenters. The zero-order chi connectivity index (χ0) is 17.6. The minimum Gasteiger partial charge on any atom is -0.399 e. The lowest BCUT2D eigenvalue weighted by Gasteiger charge is -2.31. The van der Waals surface area contributed by atoms with Gasteiger partial charge in [-0.25, -0.2) is 0 Å². The number of rotatable bonds is 5. The Kier molecular flexibility index (Phi) is 7.34. The highest BCUT2D eigenvalue weighted by molar-refractivity contribution is 5.85. The SMILES string of the molecule is Cc1cccc(N(CC(=O)N2CCCCC2)Cc2cccc(N)c2)c1.Cl. The predicted molar refractivity (Wildman–Crippen MR) is 111 cm³/mol. The fraction of sp³-hybridized carbons (Fsp3) is 0.381. The van der Waals surface area contributed by atoms with Gasteiger partial charge in [-0.1, -0.05) is 24.3 Å². The van der Waals surface area contributed by atoms with E-state index in [1.807, 2.05) is 29.2 Å². The van der Waals surface area contributed by atoms with Crippen molar-refractivity contribution in [2.45, 2.75) is 32.7 Å². The second kappa shape index (κ2) is 9.48. The zero-order valence-electron chi connectivity index (χ0n) is 15.4. The van der Waals surface area contributed by atoms with Crippen LogP contribution in [0.5, 0.6) is 0 Å². The molecule has 2 aromatic carbocycles. The first kappa shape index (κ1) is 20.1.